The number of hydrogen-bond acceptors (Lipinski definition) is 2. The van der Waals surface area contributed by atoms with Gasteiger partial charge in [0.1, 0.15) is 6.09 Å². The molecule has 0 aliphatic rings. The molecule has 0 bridgehead atoms. The normalized spacial score (nSPS) is 10.1. The summed E-state index contributed by atoms with van der Waals surface area (Å²) in [5.41, 5.74) is 0.272. The molecule has 0 aliphatic carbocycles. The second-order valence-electron chi connectivity index (χ2n) is 2.73. The lowest BCUT2D eigenvalue weighted by Gasteiger charge is -2.24. The minimum absolute atomic E-state index is 0.218. The van der Waals surface area contributed by atoms with Gasteiger partial charge in [-0.3, -0.25) is 0 Å². The predicted octanol–water partition coefficient (Wildman–Crippen LogP) is 2.82. The SMILES string of the molecule is CCN(C(=O)[O-])c1cc(Cl)c(Cl)cc1Cl. The van der Waals surface area contributed by atoms with Crippen LogP contribution in [0.15, 0.2) is 12.1 Å². The van der Waals surface area contributed by atoms with Crippen LogP contribution in [0.3, 0.4) is 0 Å². The van der Waals surface area contributed by atoms with E-state index in [1.807, 2.05) is 0 Å². The molecule has 0 saturated heterocycles. The minimum Gasteiger partial charge on any atom is -0.530 e. The van der Waals surface area contributed by atoms with Crippen molar-refractivity contribution in [1.82, 2.24) is 0 Å². The highest BCUT2D eigenvalue weighted by Gasteiger charge is 2.12. The Balaban J connectivity index is 3.24. The molecule has 82 valence electrons. The highest BCUT2D eigenvalue weighted by molar-refractivity contribution is 6.44. The van der Waals surface area contributed by atoms with Gasteiger partial charge in [0, 0.05) is 6.54 Å². The quantitative estimate of drug-likeness (QED) is 0.773. The van der Waals surface area contributed by atoms with E-state index in [4.69, 9.17) is 34.8 Å². The Morgan fingerprint density at radius 2 is 1.80 bits per heavy atom. The number of carbonyl (C=O) groups excluding carboxylic acids is 1. The number of nitrogens with zero attached hydrogens (tertiary/aromatic N) is 1. The smallest absolute Gasteiger partial charge is 0.141 e. The molecular weight excluding hydrogens is 260 g/mol. The maximum Gasteiger partial charge on any atom is 0.141 e. The molecule has 0 unspecified atom stereocenters. The van der Waals surface area contributed by atoms with E-state index < -0.39 is 6.09 Å². The fraction of sp³-hybridized carbons (Fsp3) is 0.222. The van der Waals surface area contributed by atoms with Crippen molar-refractivity contribution in [3.8, 4) is 0 Å². The summed E-state index contributed by atoms with van der Waals surface area (Å²) in [6.07, 6.45) is -1.34. The monoisotopic (exact) mass is 266 g/mol. The minimum atomic E-state index is -1.34. The summed E-state index contributed by atoms with van der Waals surface area (Å²) in [7, 11) is 0. The lowest BCUT2D eigenvalue weighted by molar-refractivity contribution is -0.246. The molecule has 3 nitrogen and oxygen atoms in total. The Hall–Kier alpha value is -0.640. The maximum absolute atomic E-state index is 10.8. The first-order chi connectivity index (χ1) is 6.97. The van der Waals surface area contributed by atoms with E-state index >= 15 is 0 Å². The third-order valence-electron chi connectivity index (χ3n) is 1.82. The van der Waals surface area contributed by atoms with Crippen LogP contribution in [0.2, 0.25) is 15.1 Å². The molecule has 0 aromatic heterocycles. The van der Waals surface area contributed by atoms with Crippen LogP contribution >= 0.6 is 34.8 Å². The summed E-state index contributed by atoms with van der Waals surface area (Å²) in [5, 5.41) is 11.5. The topological polar surface area (TPSA) is 43.4 Å². The Kier molecular flexibility index (Phi) is 4.08. The van der Waals surface area contributed by atoms with Crippen molar-refractivity contribution in [3.05, 3.63) is 27.2 Å². The third kappa shape index (κ3) is 2.68. The summed E-state index contributed by atoms with van der Waals surface area (Å²) in [6.45, 7) is 1.88. The molecule has 6 heteroatoms. The van der Waals surface area contributed by atoms with Crippen molar-refractivity contribution in [2.75, 3.05) is 11.4 Å². The lowest BCUT2D eigenvalue weighted by atomic mass is 10.3. The van der Waals surface area contributed by atoms with Crippen LogP contribution in [0.25, 0.3) is 0 Å². The Bertz CT molecular complexity index is 395. The average molecular weight is 268 g/mol. The molecular formula is C9H7Cl3NO2-. The van der Waals surface area contributed by atoms with Gasteiger partial charge in [-0.25, -0.2) is 0 Å². The summed E-state index contributed by atoms with van der Waals surface area (Å²) < 4.78 is 0. The molecule has 0 saturated carbocycles. The molecule has 0 spiro atoms. The second kappa shape index (κ2) is 4.92. The Labute approximate surface area is 102 Å². The van der Waals surface area contributed by atoms with Gasteiger partial charge in [-0.05, 0) is 19.1 Å². The van der Waals surface area contributed by atoms with E-state index in [9.17, 15) is 9.90 Å². The molecule has 0 atom stereocenters. The molecule has 1 aromatic rings. The largest absolute Gasteiger partial charge is 0.530 e. The van der Waals surface area contributed by atoms with Crippen LogP contribution in [0.1, 0.15) is 6.92 Å². The summed E-state index contributed by atoms with van der Waals surface area (Å²) in [6, 6.07) is 2.79. The zero-order valence-electron chi connectivity index (χ0n) is 7.76. The first-order valence-electron chi connectivity index (χ1n) is 4.10. The number of halogens is 3. The van der Waals surface area contributed by atoms with Gasteiger partial charge in [0.15, 0.2) is 0 Å². The summed E-state index contributed by atoms with van der Waals surface area (Å²) >= 11 is 17.3. The van der Waals surface area contributed by atoms with E-state index in [1.54, 1.807) is 6.92 Å². The van der Waals surface area contributed by atoms with Crippen molar-refractivity contribution in [2.45, 2.75) is 6.92 Å². The van der Waals surface area contributed by atoms with E-state index in [-0.39, 0.29) is 27.3 Å². The van der Waals surface area contributed by atoms with Gasteiger partial charge in [-0.15, -0.1) is 0 Å². The fourth-order valence-electron chi connectivity index (χ4n) is 1.12. The fourth-order valence-corrected chi connectivity index (χ4v) is 1.76. The highest BCUT2D eigenvalue weighted by atomic mass is 35.5. The van der Waals surface area contributed by atoms with Gasteiger partial charge in [0.25, 0.3) is 0 Å². The lowest BCUT2D eigenvalue weighted by Crippen LogP contribution is -2.41. The van der Waals surface area contributed by atoms with Gasteiger partial charge in [-0.2, -0.15) is 0 Å². The van der Waals surface area contributed by atoms with Gasteiger partial charge >= 0.3 is 0 Å². The molecule has 1 amide bonds. The number of anilines is 1. The highest BCUT2D eigenvalue weighted by Crippen LogP contribution is 2.34. The van der Waals surface area contributed by atoms with Crippen LogP contribution in [0, 0.1) is 0 Å². The number of rotatable bonds is 2. The number of hydrogen-bond donors (Lipinski definition) is 0. The molecule has 1 aromatic carbocycles. The second-order valence-corrected chi connectivity index (χ2v) is 3.95. The van der Waals surface area contributed by atoms with Gasteiger partial charge in [0.2, 0.25) is 0 Å². The van der Waals surface area contributed by atoms with E-state index in [1.165, 1.54) is 12.1 Å². The van der Waals surface area contributed by atoms with Crippen LogP contribution < -0.4 is 10.0 Å². The van der Waals surface area contributed by atoms with E-state index in [0.29, 0.717) is 0 Å². The van der Waals surface area contributed by atoms with E-state index in [2.05, 4.69) is 0 Å². The molecule has 0 fully saturated rings. The van der Waals surface area contributed by atoms with Crippen molar-refractivity contribution in [2.24, 2.45) is 0 Å². The average Bonchev–Trinajstić information content (AvgIpc) is 2.14. The van der Waals surface area contributed by atoms with Crippen molar-refractivity contribution < 1.29 is 9.90 Å². The molecule has 1 rings (SSSR count). The molecule has 15 heavy (non-hydrogen) atoms. The first-order valence-corrected chi connectivity index (χ1v) is 5.23. The van der Waals surface area contributed by atoms with E-state index in [0.717, 1.165) is 4.90 Å². The molecule has 0 aliphatic heterocycles. The van der Waals surface area contributed by atoms with Crippen molar-refractivity contribution in [1.29, 1.82) is 0 Å². The van der Waals surface area contributed by atoms with Crippen molar-refractivity contribution in [3.63, 3.8) is 0 Å². The third-order valence-corrected chi connectivity index (χ3v) is 2.84. The number of carboxylic acid groups (broad SMARTS) is 1. The predicted molar refractivity (Wildman–Crippen MR) is 59.9 cm³/mol. The zero-order chi connectivity index (χ0) is 11.6. The number of amides is 1. The molecule has 0 heterocycles. The van der Waals surface area contributed by atoms with Gasteiger partial charge < -0.3 is 14.8 Å². The van der Waals surface area contributed by atoms with Crippen LogP contribution in [-0.2, 0) is 0 Å². The van der Waals surface area contributed by atoms with Crippen LogP contribution in [0.4, 0.5) is 10.5 Å². The van der Waals surface area contributed by atoms with Crippen LogP contribution in [-0.4, -0.2) is 12.6 Å². The van der Waals surface area contributed by atoms with Crippen molar-refractivity contribution >= 4 is 46.6 Å². The molecule has 0 radical (unpaired) electrons. The van der Waals surface area contributed by atoms with Gasteiger partial charge in [-0.1, -0.05) is 34.8 Å². The Morgan fingerprint density at radius 3 is 2.27 bits per heavy atom. The standard InChI is InChI=1S/C9H8Cl3NO2/c1-2-13(9(14)15)8-4-6(11)5(10)3-7(8)12/h3-4H,2H2,1H3,(H,14,15)/p-1. The van der Waals surface area contributed by atoms with Crippen LogP contribution in [0.5, 0.6) is 0 Å². The molecule has 0 N–H and O–H groups in total. The number of benzene rings is 1. The first kappa shape index (κ1) is 12.4. The summed E-state index contributed by atoms with van der Waals surface area (Å²) in [4.78, 5) is 11.7. The summed E-state index contributed by atoms with van der Waals surface area (Å²) in [5.74, 6) is 0. The maximum atomic E-state index is 10.8. The Morgan fingerprint density at radius 1 is 1.27 bits per heavy atom. The zero-order valence-corrected chi connectivity index (χ0v) is 10.0. The number of carbonyl (C=O) groups is 1. The van der Waals surface area contributed by atoms with Gasteiger partial charge in [0.05, 0.1) is 20.8 Å².